The number of carbonyl (C=O) groups excluding carboxylic acids is 3. The quantitative estimate of drug-likeness (QED) is 0.446. The van der Waals surface area contributed by atoms with E-state index >= 15 is 0 Å². The van der Waals surface area contributed by atoms with Gasteiger partial charge in [-0.05, 0) is 54.8 Å². The molecule has 3 N–H and O–H groups in total. The number of amides is 2. The highest BCUT2D eigenvalue weighted by Gasteiger charge is 2.24. The summed E-state index contributed by atoms with van der Waals surface area (Å²) in [6.07, 6.45) is 0. The molecular weight excluding hydrogens is 466 g/mol. The van der Waals surface area contributed by atoms with E-state index in [1.807, 2.05) is 0 Å². The maximum Gasteiger partial charge on any atom is 0.338 e. The Labute approximate surface area is 194 Å². The van der Waals surface area contributed by atoms with E-state index in [1.54, 1.807) is 42.6 Å². The molecule has 0 aliphatic carbocycles. The van der Waals surface area contributed by atoms with Crippen molar-refractivity contribution in [1.29, 1.82) is 0 Å². The fourth-order valence-electron chi connectivity index (χ4n) is 2.95. The van der Waals surface area contributed by atoms with Crippen LogP contribution in [0.25, 0.3) is 0 Å². The molecule has 0 bridgehead atoms. The molecule has 0 saturated heterocycles. The monoisotopic (exact) mass is 487 g/mol. The van der Waals surface area contributed by atoms with E-state index in [2.05, 4.69) is 5.32 Å². The van der Waals surface area contributed by atoms with E-state index in [0.717, 1.165) is 11.3 Å². The molecule has 11 heteroatoms. The molecule has 0 unspecified atom stereocenters. The lowest BCUT2D eigenvalue weighted by Crippen LogP contribution is -2.30. The minimum atomic E-state index is -3.83. The Morgan fingerprint density at radius 2 is 1.70 bits per heavy atom. The van der Waals surface area contributed by atoms with Gasteiger partial charge >= 0.3 is 5.97 Å². The zero-order valence-corrected chi connectivity index (χ0v) is 19.2. The van der Waals surface area contributed by atoms with Gasteiger partial charge in [0.15, 0.2) is 6.61 Å². The smallest absolute Gasteiger partial charge is 0.338 e. The zero-order chi connectivity index (χ0) is 24.0. The fourth-order valence-corrected chi connectivity index (χ4v) is 5.24. The van der Waals surface area contributed by atoms with Crippen molar-refractivity contribution in [2.45, 2.75) is 11.8 Å². The molecule has 0 radical (unpaired) electrons. The van der Waals surface area contributed by atoms with Crippen molar-refractivity contribution in [2.24, 2.45) is 5.73 Å². The third-order valence-electron chi connectivity index (χ3n) is 4.53. The number of nitrogens with two attached hydrogens (primary N) is 1. The van der Waals surface area contributed by atoms with E-state index in [9.17, 15) is 22.8 Å². The highest BCUT2D eigenvalue weighted by Crippen LogP contribution is 2.24. The molecule has 1 aromatic heterocycles. The number of primary amides is 1. The molecule has 2 aromatic carbocycles. The normalized spacial score (nSPS) is 10.9. The first-order valence-corrected chi connectivity index (χ1v) is 12.1. The first-order valence-electron chi connectivity index (χ1n) is 9.76. The van der Waals surface area contributed by atoms with Gasteiger partial charge in [0, 0.05) is 6.54 Å². The lowest BCUT2D eigenvalue weighted by atomic mass is 10.2. The van der Waals surface area contributed by atoms with Crippen molar-refractivity contribution in [3.63, 3.8) is 0 Å². The van der Waals surface area contributed by atoms with Gasteiger partial charge in [-0.15, -0.1) is 11.3 Å². The van der Waals surface area contributed by atoms with E-state index in [4.69, 9.17) is 10.5 Å². The summed E-state index contributed by atoms with van der Waals surface area (Å²) in [5, 5.41) is 4.31. The second kappa shape index (κ2) is 10.3. The Hall–Kier alpha value is -3.70. The topological polar surface area (TPSA) is 136 Å². The Balaban J connectivity index is 1.64. The van der Waals surface area contributed by atoms with E-state index in [0.29, 0.717) is 5.69 Å². The van der Waals surface area contributed by atoms with Gasteiger partial charge in [-0.3, -0.25) is 13.9 Å². The van der Waals surface area contributed by atoms with Gasteiger partial charge < -0.3 is 15.8 Å². The number of carbonyl (C=O) groups is 3. The number of sulfonamides is 1. The fraction of sp³-hybridized carbons (Fsp3) is 0.136. The molecule has 9 nitrogen and oxygen atoms in total. The molecule has 0 aliphatic heterocycles. The minimum Gasteiger partial charge on any atom is -0.452 e. The molecule has 0 spiro atoms. The zero-order valence-electron chi connectivity index (χ0n) is 17.6. The Morgan fingerprint density at radius 3 is 2.30 bits per heavy atom. The highest BCUT2D eigenvalue weighted by atomic mass is 32.2. The summed E-state index contributed by atoms with van der Waals surface area (Å²) in [7, 11) is -3.83. The minimum absolute atomic E-state index is 0.0131. The van der Waals surface area contributed by atoms with E-state index in [-0.39, 0.29) is 27.6 Å². The summed E-state index contributed by atoms with van der Waals surface area (Å²) in [5.74, 6) is -2.13. The van der Waals surface area contributed by atoms with Gasteiger partial charge in [0.25, 0.3) is 21.8 Å². The van der Waals surface area contributed by atoms with Crippen LogP contribution in [0.5, 0.6) is 0 Å². The van der Waals surface area contributed by atoms with Gasteiger partial charge in [-0.25, -0.2) is 13.2 Å². The maximum absolute atomic E-state index is 13.0. The third kappa shape index (κ3) is 5.57. The van der Waals surface area contributed by atoms with E-state index < -0.39 is 34.4 Å². The van der Waals surface area contributed by atoms with Gasteiger partial charge in [0.2, 0.25) is 0 Å². The summed E-state index contributed by atoms with van der Waals surface area (Å²) in [6, 6.07) is 15.4. The third-order valence-corrected chi connectivity index (χ3v) is 7.27. The molecular formula is C22H21N3O6S2. The summed E-state index contributed by atoms with van der Waals surface area (Å²) in [5.41, 5.74) is 5.99. The number of thiophene rings is 1. The number of ether oxygens (including phenoxy) is 1. The molecule has 0 fully saturated rings. The molecule has 33 heavy (non-hydrogen) atoms. The number of hydrogen-bond donors (Lipinski definition) is 2. The van der Waals surface area contributed by atoms with Gasteiger partial charge in [0.1, 0.15) is 5.00 Å². The van der Waals surface area contributed by atoms with Crippen LogP contribution >= 0.6 is 11.3 Å². The largest absolute Gasteiger partial charge is 0.452 e. The number of nitrogens with one attached hydrogen (secondary N) is 1. The first-order chi connectivity index (χ1) is 15.7. The first kappa shape index (κ1) is 24.0. The van der Waals surface area contributed by atoms with Gasteiger partial charge in [-0.1, -0.05) is 18.2 Å². The van der Waals surface area contributed by atoms with Crippen molar-refractivity contribution >= 4 is 49.8 Å². The summed E-state index contributed by atoms with van der Waals surface area (Å²) < 4.78 is 32.3. The van der Waals surface area contributed by atoms with Crippen molar-refractivity contribution in [1.82, 2.24) is 0 Å². The number of esters is 1. The van der Waals surface area contributed by atoms with Crippen LogP contribution in [0.2, 0.25) is 0 Å². The summed E-state index contributed by atoms with van der Waals surface area (Å²) in [6.45, 7) is 1.36. The molecule has 0 saturated carbocycles. The Bertz CT molecular complexity index is 1250. The lowest BCUT2D eigenvalue weighted by Gasteiger charge is -2.22. The number of nitrogens with zero attached hydrogens (tertiary/aromatic N) is 1. The molecule has 3 aromatic rings. The van der Waals surface area contributed by atoms with E-state index in [1.165, 1.54) is 34.6 Å². The van der Waals surface area contributed by atoms with Crippen LogP contribution in [0.3, 0.4) is 0 Å². The molecule has 172 valence electrons. The van der Waals surface area contributed by atoms with Crippen LogP contribution in [-0.2, 0) is 19.6 Å². The Kier molecular flexibility index (Phi) is 7.46. The molecule has 0 aliphatic rings. The number of hydrogen-bond acceptors (Lipinski definition) is 7. The second-order valence-corrected chi connectivity index (χ2v) is 9.46. The van der Waals surface area contributed by atoms with Crippen molar-refractivity contribution in [3.05, 3.63) is 77.2 Å². The predicted octanol–water partition coefficient (Wildman–Crippen LogP) is 2.86. The number of rotatable bonds is 9. The van der Waals surface area contributed by atoms with Crippen LogP contribution in [0.15, 0.2) is 70.9 Å². The van der Waals surface area contributed by atoms with Crippen molar-refractivity contribution in [3.8, 4) is 0 Å². The molecule has 2 amide bonds. The van der Waals surface area contributed by atoms with Crippen LogP contribution in [-0.4, -0.2) is 39.4 Å². The van der Waals surface area contributed by atoms with Gasteiger partial charge in [-0.2, -0.15) is 0 Å². The summed E-state index contributed by atoms with van der Waals surface area (Å²) in [4.78, 5) is 35.6. The number of anilines is 2. The highest BCUT2D eigenvalue weighted by molar-refractivity contribution is 7.92. The van der Waals surface area contributed by atoms with Crippen molar-refractivity contribution < 1.29 is 27.5 Å². The number of para-hydroxylation sites is 1. The summed E-state index contributed by atoms with van der Waals surface area (Å²) >= 11 is 1.11. The standard InChI is InChI=1S/C22H21N3O6S2/c1-2-25(16-6-4-3-5-7-16)33(29,30)17-10-8-15(9-11-17)22(28)31-14-19(26)24-21-18(20(23)27)12-13-32-21/h3-13H,2,14H2,1H3,(H2,23,27)(H,24,26). The van der Waals surface area contributed by atoms with Crippen LogP contribution < -0.4 is 15.4 Å². The molecule has 3 rings (SSSR count). The van der Waals surface area contributed by atoms with Crippen LogP contribution in [0, 0.1) is 0 Å². The average Bonchev–Trinajstić information content (AvgIpc) is 3.27. The van der Waals surface area contributed by atoms with Crippen LogP contribution in [0.1, 0.15) is 27.6 Å². The average molecular weight is 488 g/mol. The van der Waals surface area contributed by atoms with Crippen molar-refractivity contribution in [2.75, 3.05) is 22.8 Å². The number of benzene rings is 2. The molecule has 1 heterocycles. The van der Waals surface area contributed by atoms with Crippen LogP contribution in [0.4, 0.5) is 10.7 Å². The Morgan fingerprint density at radius 1 is 1.03 bits per heavy atom. The lowest BCUT2D eigenvalue weighted by molar-refractivity contribution is -0.119. The molecule has 0 atom stereocenters. The predicted molar refractivity (Wildman–Crippen MR) is 125 cm³/mol. The maximum atomic E-state index is 13.0. The van der Waals surface area contributed by atoms with Gasteiger partial charge in [0.05, 0.1) is 21.7 Å². The SMILES string of the molecule is CCN(c1ccccc1)S(=O)(=O)c1ccc(C(=O)OCC(=O)Nc2sccc2C(N)=O)cc1. The second-order valence-electron chi connectivity index (χ2n) is 6.68.